The Kier molecular flexibility index (Phi) is 4.12. The number of amides is 2. The molecule has 15 heavy (non-hydrogen) atoms. The van der Waals surface area contributed by atoms with E-state index in [0.29, 0.717) is 6.42 Å². The van der Waals surface area contributed by atoms with E-state index in [1.807, 2.05) is 6.92 Å². The van der Waals surface area contributed by atoms with Gasteiger partial charge < -0.3 is 9.80 Å². The van der Waals surface area contributed by atoms with Gasteiger partial charge in [0, 0.05) is 27.1 Å². The highest BCUT2D eigenvalue weighted by Crippen LogP contribution is 2.19. The number of likely N-dealkylation sites (tertiary alicyclic amines) is 1. The molecular weight excluding hydrogens is 192 g/mol. The highest BCUT2D eigenvalue weighted by molar-refractivity contribution is 5.88. The van der Waals surface area contributed by atoms with Crippen LogP contribution in [0.4, 0.5) is 0 Å². The molecule has 0 saturated carbocycles. The maximum atomic E-state index is 11.8. The molecule has 0 aromatic rings. The van der Waals surface area contributed by atoms with Crippen LogP contribution in [-0.4, -0.2) is 48.3 Å². The average molecular weight is 212 g/mol. The number of carbonyl (C=O) groups excluding carboxylic acids is 2. The van der Waals surface area contributed by atoms with E-state index in [2.05, 4.69) is 0 Å². The first kappa shape index (κ1) is 12.0. The standard InChI is InChI=1S/C11H20N2O2/c1-4-6-10(14)13-8-5-7-9(13)11(15)12(2)3/h9H,4-8H2,1-3H3. The monoisotopic (exact) mass is 212 g/mol. The van der Waals surface area contributed by atoms with Crippen LogP contribution in [0.2, 0.25) is 0 Å². The molecule has 1 saturated heterocycles. The second-order valence-electron chi connectivity index (χ2n) is 4.23. The summed E-state index contributed by atoms with van der Waals surface area (Å²) in [6, 6.07) is -0.209. The highest BCUT2D eigenvalue weighted by Gasteiger charge is 2.34. The summed E-state index contributed by atoms with van der Waals surface area (Å²) in [5, 5.41) is 0. The smallest absolute Gasteiger partial charge is 0.244 e. The topological polar surface area (TPSA) is 40.6 Å². The van der Waals surface area contributed by atoms with Gasteiger partial charge in [0.1, 0.15) is 6.04 Å². The summed E-state index contributed by atoms with van der Waals surface area (Å²) >= 11 is 0. The molecule has 1 unspecified atom stereocenters. The van der Waals surface area contributed by atoms with Gasteiger partial charge in [0.25, 0.3) is 0 Å². The number of hydrogen-bond acceptors (Lipinski definition) is 2. The van der Waals surface area contributed by atoms with E-state index < -0.39 is 0 Å². The van der Waals surface area contributed by atoms with Crippen molar-refractivity contribution in [3.05, 3.63) is 0 Å². The molecule has 0 aromatic heterocycles. The summed E-state index contributed by atoms with van der Waals surface area (Å²) in [6.07, 6.45) is 3.15. The Labute approximate surface area is 91.2 Å². The van der Waals surface area contributed by atoms with Gasteiger partial charge >= 0.3 is 0 Å². The average Bonchev–Trinajstić information content (AvgIpc) is 2.65. The first-order valence-electron chi connectivity index (χ1n) is 5.58. The van der Waals surface area contributed by atoms with E-state index >= 15 is 0 Å². The molecule has 4 heteroatoms. The molecule has 1 fully saturated rings. The van der Waals surface area contributed by atoms with Crippen LogP contribution in [0.3, 0.4) is 0 Å². The first-order chi connectivity index (χ1) is 7.07. The summed E-state index contributed by atoms with van der Waals surface area (Å²) in [5.41, 5.74) is 0. The van der Waals surface area contributed by atoms with Crippen LogP contribution in [0.1, 0.15) is 32.6 Å². The third-order valence-electron chi connectivity index (χ3n) is 2.76. The number of nitrogens with zero attached hydrogens (tertiary/aromatic N) is 2. The molecule has 4 nitrogen and oxygen atoms in total. The zero-order valence-corrected chi connectivity index (χ0v) is 9.82. The number of rotatable bonds is 3. The number of carbonyl (C=O) groups is 2. The van der Waals surface area contributed by atoms with Crippen LogP contribution < -0.4 is 0 Å². The van der Waals surface area contributed by atoms with Crippen molar-refractivity contribution in [2.45, 2.75) is 38.6 Å². The van der Waals surface area contributed by atoms with Gasteiger partial charge in [-0.2, -0.15) is 0 Å². The molecule has 0 aromatic carbocycles. The summed E-state index contributed by atoms with van der Waals surface area (Å²) in [4.78, 5) is 26.8. The minimum absolute atomic E-state index is 0.0527. The van der Waals surface area contributed by atoms with Crippen LogP contribution in [0, 0.1) is 0 Å². The third-order valence-corrected chi connectivity index (χ3v) is 2.76. The van der Waals surface area contributed by atoms with E-state index in [1.54, 1.807) is 23.9 Å². The van der Waals surface area contributed by atoms with Crippen LogP contribution in [-0.2, 0) is 9.59 Å². The summed E-state index contributed by atoms with van der Waals surface area (Å²) in [7, 11) is 3.48. The van der Waals surface area contributed by atoms with Gasteiger partial charge in [-0.3, -0.25) is 9.59 Å². The van der Waals surface area contributed by atoms with E-state index in [1.165, 1.54) is 0 Å². The summed E-state index contributed by atoms with van der Waals surface area (Å²) in [5.74, 6) is 0.173. The first-order valence-corrected chi connectivity index (χ1v) is 5.58. The minimum atomic E-state index is -0.209. The molecule has 2 amide bonds. The van der Waals surface area contributed by atoms with Gasteiger partial charge in [-0.05, 0) is 19.3 Å². The van der Waals surface area contributed by atoms with Crippen LogP contribution in [0.15, 0.2) is 0 Å². The van der Waals surface area contributed by atoms with Gasteiger partial charge in [0.2, 0.25) is 11.8 Å². The quantitative estimate of drug-likeness (QED) is 0.696. The Morgan fingerprint density at radius 3 is 2.60 bits per heavy atom. The highest BCUT2D eigenvalue weighted by atomic mass is 16.2. The Morgan fingerprint density at radius 1 is 1.40 bits per heavy atom. The predicted octanol–water partition coefficient (Wildman–Crippen LogP) is 0.866. The van der Waals surface area contributed by atoms with Crippen molar-refractivity contribution in [2.75, 3.05) is 20.6 Å². The molecule has 0 aliphatic carbocycles. The second-order valence-corrected chi connectivity index (χ2v) is 4.23. The summed E-state index contributed by atoms with van der Waals surface area (Å²) < 4.78 is 0. The van der Waals surface area contributed by atoms with Crippen LogP contribution in [0.25, 0.3) is 0 Å². The Morgan fingerprint density at radius 2 is 2.07 bits per heavy atom. The van der Waals surface area contributed by atoms with Crippen molar-refractivity contribution < 1.29 is 9.59 Å². The molecule has 1 atom stereocenters. The van der Waals surface area contributed by atoms with Crippen molar-refractivity contribution in [1.29, 1.82) is 0 Å². The zero-order chi connectivity index (χ0) is 11.4. The molecule has 1 heterocycles. The fourth-order valence-corrected chi connectivity index (χ4v) is 1.98. The SMILES string of the molecule is CCCC(=O)N1CCCC1C(=O)N(C)C. The molecule has 1 rings (SSSR count). The van der Waals surface area contributed by atoms with Crippen LogP contribution >= 0.6 is 0 Å². The van der Waals surface area contributed by atoms with E-state index in [9.17, 15) is 9.59 Å². The lowest BCUT2D eigenvalue weighted by Crippen LogP contribution is -2.45. The van der Waals surface area contributed by atoms with Crippen molar-refractivity contribution >= 4 is 11.8 Å². The Bertz CT molecular complexity index is 251. The molecule has 0 bridgehead atoms. The van der Waals surface area contributed by atoms with Crippen molar-refractivity contribution in [2.24, 2.45) is 0 Å². The fraction of sp³-hybridized carbons (Fsp3) is 0.818. The molecule has 1 aliphatic heterocycles. The lowest BCUT2D eigenvalue weighted by atomic mass is 10.2. The number of hydrogen-bond donors (Lipinski definition) is 0. The minimum Gasteiger partial charge on any atom is -0.347 e. The van der Waals surface area contributed by atoms with E-state index in [4.69, 9.17) is 0 Å². The normalized spacial score (nSPS) is 20.5. The molecular formula is C11H20N2O2. The lowest BCUT2D eigenvalue weighted by molar-refractivity contribution is -0.142. The third kappa shape index (κ3) is 2.70. The lowest BCUT2D eigenvalue weighted by Gasteiger charge is -2.26. The fourth-order valence-electron chi connectivity index (χ4n) is 1.98. The van der Waals surface area contributed by atoms with E-state index in [0.717, 1.165) is 25.8 Å². The molecule has 1 aliphatic rings. The summed E-state index contributed by atoms with van der Waals surface area (Å²) in [6.45, 7) is 2.72. The molecule has 0 spiro atoms. The molecule has 0 N–H and O–H groups in total. The molecule has 86 valence electrons. The van der Waals surface area contributed by atoms with Crippen molar-refractivity contribution in [3.8, 4) is 0 Å². The maximum absolute atomic E-state index is 11.8. The van der Waals surface area contributed by atoms with E-state index in [-0.39, 0.29) is 17.9 Å². The number of likely N-dealkylation sites (N-methyl/N-ethyl adjacent to an activating group) is 1. The Balaban J connectivity index is 2.64. The van der Waals surface area contributed by atoms with Gasteiger partial charge in [-0.1, -0.05) is 6.92 Å². The molecule has 0 radical (unpaired) electrons. The predicted molar refractivity (Wildman–Crippen MR) is 58.3 cm³/mol. The largest absolute Gasteiger partial charge is 0.347 e. The van der Waals surface area contributed by atoms with Gasteiger partial charge in [0.05, 0.1) is 0 Å². The maximum Gasteiger partial charge on any atom is 0.244 e. The second kappa shape index (κ2) is 5.14. The van der Waals surface area contributed by atoms with Gasteiger partial charge in [-0.25, -0.2) is 0 Å². The van der Waals surface area contributed by atoms with Crippen molar-refractivity contribution in [1.82, 2.24) is 9.80 Å². The van der Waals surface area contributed by atoms with Gasteiger partial charge in [0.15, 0.2) is 0 Å². The zero-order valence-electron chi connectivity index (χ0n) is 9.82. The van der Waals surface area contributed by atoms with Crippen molar-refractivity contribution in [3.63, 3.8) is 0 Å². The van der Waals surface area contributed by atoms with Gasteiger partial charge in [-0.15, -0.1) is 0 Å². The Hall–Kier alpha value is -1.06. The van der Waals surface area contributed by atoms with Crippen LogP contribution in [0.5, 0.6) is 0 Å².